The van der Waals surface area contributed by atoms with E-state index in [-0.39, 0.29) is 11.9 Å². The number of hydrogen-bond donors (Lipinski definition) is 1. The van der Waals surface area contributed by atoms with Gasteiger partial charge in [0, 0.05) is 19.0 Å². The first-order valence-corrected chi connectivity index (χ1v) is 7.23. The normalized spacial score (nSPS) is 12.5. The van der Waals surface area contributed by atoms with Crippen molar-refractivity contribution in [2.75, 3.05) is 5.32 Å². The van der Waals surface area contributed by atoms with E-state index in [1.165, 1.54) is 21.9 Å². The molecule has 0 amide bonds. The minimum absolute atomic E-state index is 0.195. The zero-order valence-electron chi connectivity index (χ0n) is 9.63. The Bertz CT molecular complexity index is 524. The zero-order valence-corrected chi connectivity index (χ0v) is 12.6. The Kier molecular flexibility index (Phi) is 4.04. The van der Waals surface area contributed by atoms with Gasteiger partial charge in [-0.1, -0.05) is 0 Å². The summed E-state index contributed by atoms with van der Waals surface area (Å²) in [6, 6.07) is 9.30. The third-order valence-corrected chi connectivity index (χ3v) is 4.57. The van der Waals surface area contributed by atoms with Gasteiger partial charge in [-0.05, 0) is 66.8 Å². The fraction of sp³-hybridized carbons (Fsp3) is 0.231. The van der Waals surface area contributed by atoms with Gasteiger partial charge in [0.25, 0.3) is 0 Å². The van der Waals surface area contributed by atoms with Crippen molar-refractivity contribution in [2.24, 2.45) is 0 Å². The predicted octanol–water partition coefficient (Wildman–Crippen LogP) is 4.97. The topological polar surface area (TPSA) is 12.0 Å². The molecule has 1 nitrogen and oxygen atoms in total. The molecule has 1 N–H and O–H groups in total. The second-order valence-electron chi connectivity index (χ2n) is 3.94. The van der Waals surface area contributed by atoms with Crippen molar-refractivity contribution in [3.8, 4) is 0 Å². The van der Waals surface area contributed by atoms with Gasteiger partial charge in [0.2, 0.25) is 0 Å². The molecule has 0 bridgehead atoms. The summed E-state index contributed by atoms with van der Waals surface area (Å²) in [5.74, 6) is -0.195. The Balaban J connectivity index is 2.15. The quantitative estimate of drug-likeness (QED) is 0.761. The van der Waals surface area contributed by atoms with Crippen LogP contribution in [0.3, 0.4) is 0 Å². The Morgan fingerprint density at radius 3 is 2.65 bits per heavy atom. The molecule has 0 saturated carbocycles. The van der Waals surface area contributed by atoms with E-state index in [0.29, 0.717) is 0 Å². The number of halogens is 2. The highest BCUT2D eigenvalue weighted by Gasteiger charge is 2.09. The number of benzene rings is 1. The summed E-state index contributed by atoms with van der Waals surface area (Å²) < 4.78 is 13.9. The first kappa shape index (κ1) is 12.8. The summed E-state index contributed by atoms with van der Waals surface area (Å²) >= 11 is 3.93. The van der Waals surface area contributed by atoms with E-state index in [2.05, 4.69) is 53.9 Å². The van der Waals surface area contributed by atoms with Crippen molar-refractivity contribution in [1.29, 1.82) is 0 Å². The summed E-state index contributed by atoms with van der Waals surface area (Å²) in [6.07, 6.45) is 0. The fourth-order valence-corrected chi connectivity index (χ4v) is 3.11. The van der Waals surface area contributed by atoms with Gasteiger partial charge in [0.15, 0.2) is 0 Å². The molecule has 90 valence electrons. The molecule has 1 unspecified atom stereocenters. The molecule has 2 rings (SSSR count). The van der Waals surface area contributed by atoms with Crippen molar-refractivity contribution in [2.45, 2.75) is 19.9 Å². The Morgan fingerprint density at radius 2 is 2.06 bits per heavy atom. The summed E-state index contributed by atoms with van der Waals surface area (Å²) in [5, 5.41) is 3.40. The lowest BCUT2D eigenvalue weighted by molar-refractivity contribution is 0.627. The van der Waals surface area contributed by atoms with Crippen LogP contribution in [-0.2, 0) is 0 Å². The van der Waals surface area contributed by atoms with E-state index in [1.54, 1.807) is 17.4 Å². The Labute approximate surface area is 118 Å². The number of thiophene rings is 1. The molecule has 2 aromatic rings. The van der Waals surface area contributed by atoms with E-state index in [9.17, 15) is 4.39 Å². The van der Waals surface area contributed by atoms with Crippen molar-refractivity contribution in [3.05, 3.63) is 49.5 Å². The van der Waals surface area contributed by atoms with Gasteiger partial charge >= 0.3 is 0 Å². The maximum atomic E-state index is 13.0. The minimum Gasteiger partial charge on any atom is -0.377 e. The summed E-state index contributed by atoms with van der Waals surface area (Å²) in [6.45, 7) is 4.22. The Morgan fingerprint density at radius 1 is 1.29 bits per heavy atom. The third-order valence-electron chi connectivity index (χ3n) is 2.49. The van der Waals surface area contributed by atoms with Crippen molar-refractivity contribution < 1.29 is 4.39 Å². The average molecular weight is 361 g/mol. The van der Waals surface area contributed by atoms with Gasteiger partial charge in [-0.2, -0.15) is 0 Å². The third kappa shape index (κ3) is 3.19. The smallest absolute Gasteiger partial charge is 0.124 e. The SMILES string of the molecule is Cc1ccc(C(C)Nc2ccc(F)cc2I)s1. The van der Waals surface area contributed by atoms with Gasteiger partial charge in [-0.25, -0.2) is 4.39 Å². The van der Waals surface area contributed by atoms with Crippen LogP contribution in [0, 0.1) is 16.3 Å². The molecule has 0 spiro atoms. The molecule has 1 atom stereocenters. The lowest BCUT2D eigenvalue weighted by Crippen LogP contribution is -2.06. The number of hydrogen-bond acceptors (Lipinski definition) is 2. The molecule has 0 aliphatic rings. The van der Waals surface area contributed by atoms with Crippen molar-refractivity contribution in [1.82, 2.24) is 0 Å². The highest BCUT2D eigenvalue weighted by atomic mass is 127. The van der Waals surface area contributed by atoms with Crippen LogP contribution in [-0.4, -0.2) is 0 Å². The van der Waals surface area contributed by atoms with E-state index in [1.807, 2.05) is 0 Å². The fourth-order valence-electron chi connectivity index (χ4n) is 1.60. The monoisotopic (exact) mass is 361 g/mol. The highest BCUT2D eigenvalue weighted by molar-refractivity contribution is 14.1. The van der Waals surface area contributed by atoms with Gasteiger partial charge in [-0.15, -0.1) is 11.3 Å². The maximum Gasteiger partial charge on any atom is 0.124 e. The lowest BCUT2D eigenvalue weighted by Gasteiger charge is -2.15. The van der Waals surface area contributed by atoms with Crippen LogP contribution >= 0.6 is 33.9 Å². The standard InChI is InChI=1S/C13H13FINS/c1-8-3-6-13(17-8)9(2)16-12-5-4-10(14)7-11(12)15/h3-7,9,16H,1-2H3. The zero-order chi connectivity index (χ0) is 12.4. The minimum atomic E-state index is -0.195. The molecule has 1 heterocycles. The molecular weight excluding hydrogens is 348 g/mol. The molecule has 0 aliphatic carbocycles. The summed E-state index contributed by atoms with van der Waals surface area (Å²) in [4.78, 5) is 2.60. The molecule has 4 heteroatoms. The number of anilines is 1. The molecule has 1 aromatic carbocycles. The van der Waals surface area contributed by atoms with Crippen LogP contribution in [0.25, 0.3) is 0 Å². The molecule has 0 radical (unpaired) electrons. The number of aryl methyl sites for hydroxylation is 1. The van der Waals surface area contributed by atoms with Gasteiger partial charge in [0.1, 0.15) is 5.82 Å². The van der Waals surface area contributed by atoms with Crippen LogP contribution < -0.4 is 5.32 Å². The largest absolute Gasteiger partial charge is 0.377 e. The summed E-state index contributed by atoms with van der Waals surface area (Å²) in [5.41, 5.74) is 0.977. The van der Waals surface area contributed by atoms with Crippen LogP contribution in [0.4, 0.5) is 10.1 Å². The Hall–Kier alpha value is -0.620. The van der Waals surface area contributed by atoms with Crippen LogP contribution in [0.5, 0.6) is 0 Å². The second kappa shape index (κ2) is 5.35. The van der Waals surface area contributed by atoms with E-state index >= 15 is 0 Å². The van der Waals surface area contributed by atoms with E-state index in [4.69, 9.17) is 0 Å². The van der Waals surface area contributed by atoms with Gasteiger partial charge in [-0.3, -0.25) is 0 Å². The predicted molar refractivity (Wildman–Crippen MR) is 80.2 cm³/mol. The van der Waals surface area contributed by atoms with Gasteiger partial charge in [0.05, 0.1) is 6.04 Å². The highest BCUT2D eigenvalue weighted by Crippen LogP contribution is 2.28. The lowest BCUT2D eigenvalue weighted by atomic mass is 10.2. The molecule has 0 saturated heterocycles. The van der Waals surface area contributed by atoms with Crippen molar-refractivity contribution in [3.63, 3.8) is 0 Å². The average Bonchev–Trinajstić information content (AvgIpc) is 2.69. The van der Waals surface area contributed by atoms with Crippen molar-refractivity contribution >= 4 is 39.6 Å². The van der Waals surface area contributed by atoms with E-state index < -0.39 is 0 Å². The molecule has 0 aliphatic heterocycles. The molecular formula is C13H13FINS. The second-order valence-corrected chi connectivity index (χ2v) is 6.42. The van der Waals surface area contributed by atoms with Crippen LogP contribution in [0.2, 0.25) is 0 Å². The molecule has 1 aromatic heterocycles. The summed E-state index contributed by atoms with van der Waals surface area (Å²) in [7, 11) is 0. The van der Waals surface area contributed by atoms with Crippen LogP contribution in [0.1, 0.15) is 22.7 Å². The maximum absolute atomic E-state index is 13.0. The number of nitrogens with one attached hydrogen (secondary N) is 1. The van der Waals surface area contributed by atoms with E-state index in [0.717, 1.165) is 9.26 Å². The van der Waals surface area contributed by atoms with Crippen LogP contribution in [0.15, 0.2) is 30.3 Å². The first-order valence-electron chi connectivity index (χ1n) is 5.34. The first-order chi connectivity index (χ1) is 8.06. The number of rotatable bonds is 3. The molecule has 0 fully saturated rings. The molecule has 17 heavy (non-hydrogen) atoms. The van der Waals surface area contributed by atoms with Gasteiger partial charge < -0.3 is 5.32 Å².